The van der Waals surface area contributed by atoms with Crippen LogP contribution in [0.4, 0.5) is 0 Å². The number of H-pyrrole nitrogens is 1. The van der Waals surface area contributed by atoms with E-state index in [0.29, 0.717) is 47.5 Å². The molecule has 3 rings (SSSR count). The molecule has 8 heteroatoms. The molecule has 31 heavy (non-hydrogen) atoms. The number of carbonyl (C=O) groups excluding carboxylic acids is 1. The van der Waals surface area contributed by atoms with Crippen LogP contribution in [0.15, 0.2) is 53.3 Å². The van der Waals surface area contributed by atoms with Crippen LogP contribution in [0.1, 0.15) is 25.8 Å². The lowest BCUT2D eigenvalue weighted by Gasteiger charge is -2.17. The first-order chi connectivity index (χ1) is 15.0. The number of rotatable bonds is 10. The highest BCUT2D eigenvalue weighted by Crippen LogP contribution is 2.12. The zero-order valence-corrected chi connectivity index (χ0v) is 18.5. The van der Waals surface area contributed by atoms with Gasteiger partial charge in [0.2, 0.25) is 5.91 Å². The van der Waals surface area contributed by atoms with Crippen LogP contribution in [0, 0.1) is 4.77 Å². The predicted molar refractivity (Wildman–Crippen MR) is 123 cm³/mol. The van der Waals surface area contributed by atoms with Gasteiger partial charge in [0.15, 0.2) is 11.1 Å². The van der Waals surface area contributed by atoms with Crippen LogP contribution in [-0.4, -0.2) is 41.5 Å². The maximum Gasteiger partial charge on any atom is 0.266 e. The number of nitrogens with one attached hydrogen (secondary N) is 2. The lowest BCUT2D eigenvalue weighted by molar-refractivity contribution is -0.139. The van der Waals surface area contributed by atoms with Gasteiger partial charge < -0.3 is 19.8 Å². The molecule has 1 heterocycles. The number of para-hydroxylation sites is 1. The molecule has 0 spiro atoms. The predicted octanol–water partition coefficient (Wildman–Crippen LogP) is 3.50. The van der Waals surface area contributed by atoms with Crippen LogP contribution in [0.25, 0.3) is 16.6 Å². The van der Waals surface area contributed by atoms with E-state index in [1.165, 1.54) is 4.57 Å². The Balaban J connectivity index is 1.65. The number of ether oxygens (including phenoxy) is 2. The first kappa shape index (κ1) is 22.9. The fraction of sp³-hybridized carbons (Fsp3) is 0.348. The van der Waals surface area contributed by atoms with Crippen molar-refractivity contribution in [2.75, 3.05) is 19.8 Å². The zero-order chi connectivity index (χ0) is 22.2. The lowest BCUT2D eigenvalue weighted by atomic mass is 10.1. The first-order valence-corrected chi connectivity index (χ1v) is 10.8. The minimum atomic E-state index is -0.306. The molecule has 2 N–H and O–H groups in total. The van der Waals surface area contributed by atoms with Gasteiger partial charge in [0, 0.05) is 26.2 Å². The Labute approximate surface area is 186 Å². The fourth-order valence-corrected chi connectivity index (χ4v) is 3.62. The van der Waals surface area contributed by atoms with Crippen molar-refractivity contribution in [3.8, 4) is 5.69 Å². The van der Waals surface area contributed by atoms with Gasteiger partial charge in [0.25, 0.3) is 5.56 Å². The van der Waals surface area contributed by atoms with Crippen molar-refractivity contribution in [2.45, 2.75) is 33.0 Å². The van der Waals surface area contributed by atoms with Crippen molar-refractivity contribution in [2.24, 2.45) is 0 Å². The minimum absolute atomic E-state index is 0.0836. The number of hydrogen-bond acceptors (Lipinski definition) is 5. The van der Waals surface area contributed by atoms with Crippen LogP contribution >= 0.6 is 12.2 Å². The number of amides is 1. The van der Waals surface area contributed by atoms with E-state index < -0.39 is 0 Å². The SMILES string of the molecule is CCOC(CCNC(=O)Cc1ccc(-n2c(=S)[nH]c3ccccc3c2=O)cc1)OCC. The Hall–Kier alpha value is -2.81. The van der Waals surface area contributed by atoms with E-state index in [4.69, 9.17) is 21.7 Å². The van der Waals surface area contributed by atoms with Gasteiger partial charge >= 0.3 is 0 Å². The van der Waals surface area contributed by atoms with Crippen LogP contribution in [0.5, 0.6) is 0 Å². The quantitative estimate of drug-likeness (QED) is 0.372. The van der Waals surface area contributed by atoms with Gasteiger partial charge in [-0.15, -0.1) is 0 Å². The number of benzene rings is 2. The van der Waals surface area contributed by atoms with Gasteiger partial charge in [-0.1, -0.05) is 24.3 Å². The maximum atomic E-state index is 12.9. The zero-order valence-electron chi connectivity index (χ0n) is 17.7. The molecule has 1 amide bonds. The molecule has 0 aliphatic heterocycles. The van der Waals surface area contributed by atoms with Crippen LogP contribution < -0.4 is 10.9 Å². The number of hydrogen-bond donors (Lipinski definition) is 2. The molecule has 0 unspecified atom stereocenters. The van der Waals surface area contributed by atoms with Gasteiger partial charge in [-0.05, 0) is 55.9 Å². The van der Waals surface area contributed by atoms with E-state index in [1.54, 1.807) is 18.2 Å². The second kappa shape index (κ2) is 11.0. The number of carbonyl (C=O) groups is 1. The summed E-state index contributed by atoms with van der Waals surface area (Å²) in [5.41, 5.74) is 2.02. The molecule has 0 radical (unpaired) electrons. The summed E-state index contributed by atoms with van der Waals surface area (Å²) >= 11 is 5.38. The molecule has 0 bridgehead atoms. The van der Waals surface area contributed by atoms with E-state index in [-0.39, 0.29) is 24.2 Å². The highest BCUT2D eigenvalue weighted by atomic mass is 32.1. The number of nitrogens with zero attached hydrogens (tertiary/aromatic N) is 1. The third kappa shape index (κ3) is 5.88. The number of fused-ring (bicyclic) bond motifs is 1. The molecular formula is C23H27N3O4S. The Kier molecular flexibility index (Phi) is 8.11. The van der Waals surface area contributed by atoms with Crippen LogP contribution in [-0.2, 0) is 20.7 Å². The largest absolute Gasteiger partial charge is 0.356 e. The monoisotopic (exact) mass is 441 g/mol. The van der Waals surface area contributed by atoms with Gasteiger partial charge in [0.1, 0.15) is 0 Å². The standard InChI is InChI=1S/C23H27N3O4S/c1-3-29-21(30-4-2)13-14-24-20(27)15-16-9-11-17(12-10-16)26-22(28)18-7-5-6-8-19(18)25-23(26)31/h5-12,21H,3-4,13-15H2,1-2H3,(H,24,27)(H,25,31). The van der Waals surface area contributed by atoms with Gasteiger partial charge in [-0.25, -0.2) is 0 Å². The van der Waals surface area contributed by atoms with E-state index >= 15 is 0 Å². The Bertz CT molecular complexity index is 1130. The number of aromatic nitrogens is 2. The van der Waals surface area contributed by atoms with E-state index in [2.05, 4.69) is 10.3 Å². The highest BCUT2D eigenvalue weighted by Gasteiger charge is 2.10. The summed E-state index contributed by atoms with van der Waals surface area (Å²) in [6.07, 6.45) is 0.530. The Morgan fingerprint density at radius 1 is 1.10 bits per heavy atom. The first-order valence-electron chi connectivity index (χ1n) is 10.4. The molecule has 0 fully saturated rings. The van der Waals surface area contributed by atoms with E-state index in [0.717, 1.165) is 5.56 Å². The molecule has 3 aromatic rings. The third-order valence-corrected chi connectivity index (χ3v) is 5.06. The molecule has 7 nitrogen and oxygen atoms in total. The van der Waals surface area contributed by atoms with Crippen molar-refractivity contribution < 1.29 is 14.3 Å². The van der Waals surface area contributed by atoms with Crippen LogP contribution in [0.2, 0.25) is 0 Å². The average Bonchev–Trinajstić information content (AvgIpc) is 2.75. The second-order valence-corrected chi connectivity index (χ2v) is 7.33. The van der Waals surface area contributed by atoms with Crippen molar-refractivity contribution >= 4 is 29.0 Å². The molecule has 164 valence electrons. The van der Waals surface area contributed by atoms with E-state index in [9.17, 15) is 9.59 Å². The maximum absolute atomic E-state index is 12.9. The molecule has 0 saturated carbocycles. The lowest BCUT2D eigenvalue weighted by Crippen LogP contribution is -2.30. The third-order valence-electron chi connectivity index (χ3n) is 4.77. The molecule has 0 atom stereocenters. The summed E-state index contributed by atoms with van der Waals surface area (Å²) in [6.45, 7) is 5.42. The molecule has 0 saturated heterocycles. The summed E-state index contributed by atoms with van der Waals surface area (Å²) in [7, 11) is 0. The fourth-order valence-electron chi connectivity index (χ4n) is 3.32. The van der Waals surface area contributed by atoms with Crippen LogP contribution in [0.3, 0.4) is 0 Å². The molecule has 0 aliphatic carbocycles. The van der Waals surface area contributed by atoms with Crippen molar-refractivity contribution in [1.29, 1.82) is 0 Å². The summed E-state index contributed by atoms with van der Waals surface area (Å²) in [6, 6.07) is 14.5. The topological polar surface area (TPSA) is 85.4 Å². The Morgan fingerprint density at radius 3 is 2.45 bits per heavy atom. The average molecular weight is 442 g/mol. The van der Waals surface area contributed by atoms with Crippen molar-refractivity contribution in [3.63, 3.8) is 0 Å². The number of aromatic amines is 1. The highest BCUT2D eigenvalue weighted by molar-refractivity contribution is 7.71. The van der Waals surface area contributed by atoms with Crippen molar-refractivity contribution in [3.05, 3.63) is 69.2 Å². The summed E-state index contributed by atoms with van der Waals surface area (Å²) in [5.74, 6) is -0.0836. The normalized spacial score (nSPS) is 11.2. The summed E-state index contributed by atoms with van der Waals surface area (Å²) < 4.78 is 12.7. The molecule has 1 aromatic heterocycles. The second-order valence-electron chi connectivity index (χ2n) is 6.94. The summed E-state index contributed by atoms with van der Waals surface area (Å²) in [4.78, 5) is 28.2. The Morgan fingerprint density at radius 2 is 1.77 bits per heavy atom. The smallest absolute Gasteiger partial charge is 0.266 e. The minimum Gasteiger partial charge on any atom is -0.356 e. The van der Waals surface area contributed by atoms with Gasteiger partial charge in [-0.2, -0.15) is 0 Å². The van der Waals surface area contributed by atoms with E-state index in [1.807, 2.05) is 44.2 Å². The molecular weight excluding hydrogens is 414 g/mol. The molecule has 0 aliphatic rings. The van der Waals surface area contributed by atoms with Gasteiger partial charge in [0.05, 0.1) is 23.0 Å². The van der Waals surface area contributed by atoms with Gasteiger partial charge in [-0.3, -0.25) is 14.2 Å². The molecule has 2 aromatic carbocycles. The van der Waals surface area contributed by atoms with Crippen molar-refractivity contribution in [1.82, 2.24) is 14.9 Å². The summed E-state index contributed by atoms with van der Waals surface area (Å²) in [5, 5.41) is 3.45.